The van der Waals surface area contributed by atoms with Gasteiger partial charge in [0, 0.05) is 7.11 Å². The zero-order chi connectivity index (χ0) is 8.81. The van der Waals surface area contributed by atoms with Crippen molar-refractivity contribution in [2.75, 3.05) is 13.7 Å². The van der Waals surface area contributed by atoms with E-state index >= 15 is 0 Å². The van der Waals surface area contributed by atoms with Gasteiger partial charge in [-0.25, -0.2) is 0 Å². The van der Waals surface area contributed by atoms with Crippen LogP contribution >= 0.6 is 0 Å². The Kier molecular flexibility index (Phi) is 4.33. The van der Waals surface area contributed by atoms with Crippen molar-refractivity contribution in [3.05, 3.63) is 12.7 Å². The van der Waals surface area contributed by atoms with E-state index in [0.29, 0.717) is 18.8 Å². The van der Waals surface area contributed by atoms with Crippen LogP contribution in [0.15, 0.2) is 12.7 Å². The third-order valence-corrected chi connectivity index (χ3v) is 2.40. The third kappa shape index (κ3) is 2.95. The van der Waals surface area contributed by atoms with Crippen molar-refractivity contribution in [1.29, 1.82) is 0 Å². The Morgan fingerprint density at radius 3 is 2.33 bits per heavy atom. The molecule has 2 heteroatoms. The maximum absolute atomic E-state index is 5.55. The summed E-state index contributed by atoms with van der Waals surface area (Å²) in [6.45, 7) is 4.31. The molecular weight excluding hydrogens is 152 g/mol. The Morgan fingerprint density at radius 2 is 1.83 bits per heavy atom. The zero-order valence-corrected chi connectivity index (χ0v) is 7.79. The standard InChI is InChI=1S/C10H18O2/c1-3-8-12-10-6-4-9(11-2)5-7-10/h3,9-10H,1,4-8H2,2H3. The molecule has 0 amide bonds. The Bertz CT molecular complexity index is 126. The highest BCUT2D eigenvalue weighted by molar-refractivity contribution is 4.74. The predicted molar refractivity (Wildman–Crippen MR) is 49.2 cm³/mol. The van der Waals surface area contributed by atoms with Gasteiger partial charge in [-0.2, -0.15) is 0 Å². The van der Waals surface area contributed by atoms with Crippen molar-refractivity contribution in [2.24, 2.45) is 0 Å². The zero-order valence-electron chi connectivity index (χ0n) is 7.79. The fourth-order valence-electron chi connectivity index (χ4n) is 1.64. The topological polar surface area (TPSA) is 18.5 Å². The average molecular weight is 170 g/mol. The minimum absolute atomic E-state index is 0.439. The van der Waals surface area contributed by atoms with Crippen LogP contribution in [-0.4, -0.2) is 25.9 Å². The molecule has 1 saturated carbocycles. The SMILES string of the molecule is C=CCOC1CCC(OC)CC1. The molecule has 0 aromatic carbocycles. The van der Waals surface area contributed by atoms with E-state index in [0.717, 1.165) is 25.7 Å². The van der Waals surface area contributed by atoms with E-state index < -0.39 is 0 Å². The van der Waals surface area contributed by atoms with Gasteiger partial charge in [-0.05, 0) is 25.7 Å². The van der Waals surface area contributed by atoms with Crippen LogP contribution in [0.25, 0.3) is 0 Å². The smallest absolute Gasteiger partial charge is 0.0648 e. The fraction of sp³-hybridized carbons (Fsp3) is 0.800. The minimum atomic E-state index is 0.439. The van der Waals surface area contributed by atoms with Gasteiger partial charge in [0.15, 0.2) is 0 Å². The maximum Gasteiger partial charge on any atom is 0.0648 e. The fourth-order valence-corrected chi connectivity index (χ4v) is 1.64. The lowest BCUT2D eigenvalue weighted by atomic mass is 9.95. The summed E-state index contributed by atoms with van der Waals surface area (Å²) in [5, 5.41) is 0. The molecule has 0 radical (unpaired) electrons. The normalized spacial score (nSPS) is 30.1. The van der Waals surface area contributed by atoms with Crippen LogP contribution in [0, 0.1) is 0 Å². The average Bonchev–Trinajstić information content (AvgIpc) is 2.15. The van der Waals surface area contributed by atoms with Crippen molar-refractivity contribution in [2.45, 2.75) is 37.9 Å². The second-order valence-corrected chi connectivity index (χ2v) is 3.26. The molecule has 0 aromatic heterocycles. The van der Waals surface area contributed by atoms with Gasteiger partial charge in [0.25, 0.3) is 0 Å². The van der Waals surface area contributed by atoms with Crippen LogP contribution in [-0.2, 0) is 9.47 Å². The number of hydrogen-bond donors (Lipinski definition) is 0. The van der Waals surface area contributed by atoms with E-state index in [9.17, 15) is 0 Å². The molecular formula is C10H18O2. The summed E-state index contributed by atoms with van der Waals surface area (Å²) < 4.78 is 10.8. The molecule has 0 spiro atoms. The van der Waals surface area contributed by atoms with E-state index in [1.807, 2.05) is 6.08 Å². The van der Waals surface area contributed by atoms with Crippen LogP contribution in [0.1, 0.15) is 25.7 Å². The van der Waals surface area contributed by atoms with E-state index in [4.69, 9.17) is 9.47 Å². The molecule has 1 rings (SSSR count). The Labute approximate surface area is 74.6 Å². The Balaban J connectivity index is 2.12. The van der Waals surface area contributed by atoms with Gasteiger partial charge in [0.1, 0.15) is 0 Å². The van der Waals surface area contributed by atoms with Gasteiger partial charge in [-0.1, -0.05) is 6.08 Å². The molecule has 70 valence electrons. The van der Waals surface area contributed by atoms with Crippen LogP contribution in [0.2, 0.25) is 0 Å². The summed E-state index contributed by atoms with van der Waals surface area (Å²) in [5.74, 6) is 0. The van der Waals surface area contributed by atoms with E-state index in [-0.39, 0.29) is 0 Å². The lowest BCUT2D eigenvalue weighted by molar-refractivity contribution is -0.00678. The molecule has 0 aromatic rings. The van der Waals surface area contributed by atoms with Gasteiger partial charge < -0.3 is 9.47 Å². The van der Waals surface area contributed by atoms with Crippen LogP contribution in [0.3, 0.4) is 0 Å². The lowest BCUT2D eigenvalue weighted by Gasteiger charge is -2.27. The quantitative estimate of drug-likeness (QED) is 0.602. The lowest BCUT2D eigenvalue weighted by Crippen LogP contribution is -2.25. The van der Waals surface area contributed by atoms with Crippen LogP contribution in [0.4, 0.5) is 0 Å². The first-order valence-corrected chi connectivity index (χ1v) is 4.62. The number of ether oxygens (including phenoxy) is 2. The predicted octanol–water partition coefficient (Wildman–Crippen LogP) is 2.15. The highest BCUT2D eigenvalue weighted by Crippen LogP contribution is 2.22. The molecule has 0 aliphatic heterocycles. The van der Waals surface area contributed by atoms with Gasteiger partial charge >= 0.3 is 0 Å². The Hall–Kier alpha value is -0.340. The molecule has 0 atom stereocenters. The minimum Gasteiger partial charge on any atom is -0.381 e. The van der Waals surface area contributed by atoms with Gasteiger partial charge in [0.2, 0.25) is 0 Å². The van der Waals surface area contributed by atoms with E-state index in [1.54, 1.807) is 7.11 Å². The third-order valence-electron chi connectivity index (χ3n) is 2.40. The molecule has 1 aliphatic rings. The largest absolute Gasteiger partial charge is 0.381 e. The van der Waals surface area contributed by atoms with Crippen molar-refractivity contribution in [3.63, 3.8) is 0 Å². The maximum atomic E-state index is 5.55. The summed E-state index contributed by atoms with van der Waals surface area (Å²) in [6.07, 6.45) is 7.25. The molecule has 12 heavy (non-hydrogen) atoms. The van der Waals surface area contributed by atoms with Crippen molar-refractivity contribution in [1.82, 2.24) is 0 Å². The first-order valence-electron chi connectivity index (χ1n) is 4.62. The highest BCUT2D eigenvalue weighted by atomic mass is 16.5. The van der Waals surface area contributed by atoms with E-state index in [2.05, 4.69) is 6.58 Å². The molecule has 0 bridgehead atoms. The summed E-state index contributed by atoms with van der Waals surface area (Å²) in [4.78, 5) is 0. The molecule has 0 N–H and O–H groups in total. The molecule has 1 fully saturated rings. The molecule has 2 nitrogen and oxygen atoms in total. The van der Waals surface area contributed by atoms with Gasteiger partial charge in [-0.15, -0.1) is 6.58 Å². The first kappa shape index (κ1) is 9.75. The van der Waals surface area contributed by atoms with Crippen molar-refractivity contribution in [3.8, 4) is 0 Å². The van der Waals surface area contributed by atoms with E-state index in [1.165, 1.54) is 0 Å². The molecule has 0 heterocycles. The first-order chi connectivity index (χ1) is 5.86. The number of methoxy groups -OCH3 is 1. The monoisotopic (exact) mass is 170 g/mol. The summed E-state index contributed by atoms with van der Waals surface area (Å²) in [5.41, 5.74) is 0. The van der Waals surface area contributed by atoms with Gasteiger partial charge in [0.05, 0.1) is 18.8 Å². The van der Waals surface area contributed by atoms with Crippen molar-refractivity contribution >= 4 is 0 Å². The number of rotatable bonds is 4. The second kappa shape index (κ2) is 5.33. The molecule has 1 aliphatic carbocycles. The van der Waals surface area contributed by atoms with Gasteiger partial charge in [-0.3, -0.25) is 0 Å². The summed E-state index contributed by atoms with van der Waals surface area (Å²) in [7, 11) is 1.79. The summed E-state index contributed by atoms with van der Waals surface area (Å²) >= 11 is 0. The Morgan fingerprint density at radius 1 is 1.25 bits per heavy atom. The summed E-state index contributed by atoms with van der Waals surface area (Å²) in [6, 6.07) is 0. The number of hydrogen-bond acceptors (Lipinski definition) is 2. The van der Waals surface area contributed by atoms with Crippen molar-refractivity contribution < 1.29 is 9.47 Å². The second-order valence-electron chi connectivity index (χ2n) is 3.26. The van der Waals surface area contributed by atoms with Crippen LogP contribution in [0.5, 0.6) is 0 Å². The highest BCUT2D eigenvalue weighted by Gasteiger charge is 2.20. The molecule has 0 unspecified atom stereocenters. The molecule has 0 saturated heterocycles. The van der Waals surface area contributed by atoms with Crippen LogP contribution < -0.4 is 0 Å².